The number of benzene rings is 1. The molecule has 1 heterocycles. The molecule has 1 amide bonds. The van der Waals surface area contributed by atoms with Gasteiger partial charge in [0, 0.05) is 25.2 Å². The number of rotatable bonds is 8. The molecule has 1 N–H and O–H groups in total. The third-order valence-electron chi connectivity index (χ3n) is 4.14. The fourth-order valence-electron chi connectivity index (χ4n) is 2.52. The maximum atomic E-state index is 12.6. The average Bonchev–Trinajstić information content (AvgIpc) is 2.67. The first kappa shape index (κ1) is 21.3. The Morgan fingerprint density at radius 3 is 2.44 bits per heavy atom. The molecule has 27 heavy (non-hydrogen) atoms. The van der Waals surface area contributed by atoms with Gasteiger partial charge in [0.25, 0.3) is 5.91 Å². The van der Waals surface area contributed by atoms with Gasteiger partial charge < -0.3 is 14.8 Å². The minimum absolute atomic E-state index is 0.154. The van der Waals surface area contributed by atoms with Crippen molar-refractivity contribution in [1.82, 2.24) is 4.31 Å². The van der Waals surface area contributed by atoms with E-state index in [2.05, 4.69) is 5.32 Å². The van der Waals surface area contributed by atoms with Gasteiger partial charge in [-0.1, -0.05) is 13.3 Å². The standard InChI is InChI=1S/C18H26N2O6S/c1-3-4-5-17(21)26-14(2)18(22)19-15-6-8-16(9-7-15)27(23,24)20-10-12-25-13-11-20/h6-9,14H,3-5,10-13H2,1-2H3,(H,19,22)/t14-/m0/s1. The highest BCUT2D eigenvalue weighted by atomic mass is 32.2. The summed E-state index contributed by atoms with van der Waals surface area (Å²) in [5, 5.41) is 2.62. The highest BCUT2D eigenvalue weighted by molar-refractivity contribution is 7.89. The van der Waals surface area contributed by atoms with Crippen LogP contribution in [0.3, 0.4) is 0 Å². The SMILES string of the molecule is CCCCC(=O)O[C@@H](C)C(=O)Nc1ccc(S(=O)(=O)N2CCOCC2)cc1. The van der Waals surface area contributed by atoms with Crippen LogP contribution in [0.5, 0.6) is 0 Å². The van der Waals surface area contributed by atoms with Crippen LogP contribution in [0.15, 0.2) is 29.2 Å². The van der Waals surface area contributed by atoms with Crippen LogP contribution in [0.2, 0.25) is 0 Å². The van der Waals surface area contributed by atoms with E-state index in [9.17, 15) is 18.0 Å². The maximum Gasteiger partial charge on any atom is 0.306 e. The summed E-state index contributed by atoms with van der Waals surface area (Å²) >= 11 is 0. The van der Waals surface area contributed by atoms with Crippen molar-refractivity contribution in [3.63, 3.8) is 0 Å². The number of anilines is 1. The molecular formula is C18H26N2O6S. The van der Waals surface area contributed by atoms with E-state index < -0.39 is 28.0 Å². The molecule has 0 aromatic heterocycles. The van der Waals surface area contributed by atoms with Crippen LogP contribution in [0.1, 0.15) is 33.1 Å². The summed E-state index contributed by atoms with van der Waals surface area (Å²) in [4.78, 5) is 23.9. The largest absolute Gasteiger partial charge is 0.453 e. The van der Waals surface area contributed by atoms with E-state index in [0.29, 0.717) is 38.4 Å². The number of esters is 1. The average molecular weight is 398 g/mol. The van der Waals surface area contributed by atoms with Crippen molar-refractivity contribution < 1.29 is 27.5 Å². The molecule has 150 valence electrons. The number of nitrogens with zero attached hydrogens (tertiary/aromatic N) is 1. The second kappa shape index (κ2) is 9.82. The number of morpholine rings is 1. The molecule has 8 nitrogen and oxygen atoms in total. The molecule has 1 aliphatic heterocycles. The number of hydrogen-bond donors (Lipinski definition) is 1. The number of ether oxygens (including phenoxy) is 2. The normalized spacial score (nSPS) is 16.5. The van der Waals surface area contributed by atoms with Gasteiger partial charge in [-0.3, -0.25) is 9.59 Å². The molecule has 2 rings (SSSR count). The molecule has 1 aliphatic rings. The van der Waals surface area contributed by atoms with Gasteiger partial charge in [0.05, 0.1) is 18.1 Å². The van der Waals surface area contributed by atoms with Crippen LogP contribution in [0.25, 0.3) is 0 Å². The molecular weight excluding hydrogens is 372 g/mol. The lowest BCUT2D eigenvalue weighted by Gasteiger charge is -2.26. The zero-order chi connectivity index (χ0) is 19.9. The molecule has 1 aromatic carbocycles. The van der Waals surface area contributed by atoms with Crippen molar-refractivity contribution in [2.24, 2.45) is 0 Å². The summed E-state index contributed by atoms with van der Waals surface area (Å²) in [6, 6.07) is 5.91. The van der Waals surface area contributed by atoms with Crippen LogP contribution in [-0.4, -0.2) is 57.0 Å². The van der Waals surface area contributed by atoms with Gasteiger partial charge in [0.15, 0.2) is 6.10 Å². The van der Waals surface area contributed by atoms with Crippen molar-refractivity contribution in [2.45, 2.75) is 44.1 Å². The molecule has 1 saturated heterocycles. The van der Waals surface area contributed by atoms with Crippen LogP contribution in [0.4, 0.5) is 5.69 Å². The Hall–Kier alpha value is -1.97. The molecule has 0 aliphatic carbocycles. The van der Waals surface area contributed by atoms with Gasteiger partial charge in [-0.05, 0) is 37.6 Å². The number of amides is 1. The summed E-state index contributed by atoms with van der Waals surface area (Å²) in [7, 11) is -3.58. The highest BCUT2D eigenvalue weighted by Gasteiger charge is 2.26. The number of hydrogen-bond acceptors (Lipinski definition) is 6. The molecule has 0 spiro atoms. The number of carbonyl (C=O) groups is 2. The summed E-state index contributed by atoms with van der Waals surface area (Å²) < 4.78 is 36.8. The second-order valence-electron chi connectivity index (χ2n) is 6.27. The third kappa shape index (κ3) is 6.02. The van der Waals surface area contributed by atoms with Crippen molar-refractivity contribution in [3.05, 3.63) is 24.3 Å². The Labute approximate surface area is 159 Å². The summed E-state index contributed by atoms with van der Waals surface area (Å²) in [6.45, 7) is 4.86. The van der Waals surface area contributed by atoms with Crippen molar-refractivity contribution in [3.8, 4) is 0 Å². The van der Waals surface area contributed by atoms with Crippen molar-refractivity contribution in [2.75, 3.05) is 31.6 Å². The lowest BCUT2D eigenvalue weighted by atomic mass is 10.2. The molecule has 0 bridgehead atoms. The number of unbranched alkanes of at least 4 members (excludes halogenated alkanes) is 1. The van der Waals surface area contributed by atoms with E-state index in [1.807, 2.05) is 6.92 Å². The third-order valence-corrected chi connectivity index (χ3v) is 6.05. The molecule has 0 radical (unpaired) electrons. The van der Waals surface area contributed by atoms with Crippen LogP contribution >= 0.6 is 0 Å². The van der Waals surface area contributed by atoms with E-state index >= 15 is 0 Å². The Morgan fingerprint density at radius 2 is 1.85 bits per heavy atom. The first-order chi connectivity index (χ1) is 12.8. The van der Waals surface area contributed by atoms with E-state index in [4.69, 9.17) is 9.47 Å². The molecule has 1 aromatic rings. The zero-order valence-electron chi connectivity index (χ0n) is 15.6. The Balaban J connectivity index is 1.94. The van der Waals surface area contributed by atoms with Gasteiger partial charge in [-0.15, -0.1) is 0 Å². The lowest BCUT2D eigenvalue weighted by Crippen LogP contribution is -2.40. The Morgan fingerprint density at radius 1 is 1.22 bits per heavy atom. The van der Waals surface area contributed by atoms with Crippen molar-refractivity contribution >= 4 is 27.6 Å². The topological polar surface area (TPSA) is 102 Å². The fourth-order valence-corrected chi connectivity index (χ4v) is 3.93. The first-order valence-corrected chi connectivity index (χ1v) is 10.5. The zero-order valence-corrected chi connectivity index (χ0v) is 16.5. The predicted molar refractivity (Wildman–Crippen MR) is 99.7 cm³/mol. The van der Waals surface area contributed by atoms with Gasteiger partial charge in [-0.2, -0.15) is 4.31 Å². The lowest BCUT2D eigenvalue weighted by molar-refractivity contribution is -0.153. The van der Waals surface area contributed by atoms with Crippen LogP contribution in [0, 0.1) is 0 Å². The summed E-state index contributed by atoms with van der Waals surface area (Å²) in [5.41, 5.74) is 0.428. The molecule has 0 unspecified atom stereocenters. The van der Waals surface area contributed by atoms with Gasteiger partial charge in [0.1, 0.15) is 0 Å². The molecule has 9 heteroatoms. The number of nitrogens with one attached hydrogen (secondary N) is 1. The predicted octanol–water partition coefficient (Wildman–Crippen LogP) is 1.77. The minimum atomic E-state index is -3.58. The van der Waals surface area contributed by atoms with Gasteiger partial charge >= 0.3 is 5.97 Å². The Bertz CT molecular complexity index is 742. The first-order valence-electron chi connectivity index (χ1n) is 9.03. The quantitative estimate of drug-likeness (QED) is 0.670. The smallest absolute Gasteiger partial charge is 0.306 e. The number of carbonyl (C=O) groups excluding carboxylic acids is 2. The van der Waals surface area contributed by atoms with Crippen LogP contribution in [-0.2, 0) is 29.1 Å². The van der Waals surface area contributed by atoms with Crippen molar-refractivity contribution in [1.29, 1.82) is 0 Å². The Kier molecular flexibility index (Phi) is 7.76. The molecule has 1 fully saturated rings. The van der Waals surface area contributed by atoms with E-state index in [1.54, 1.807) is 0 Å². The maximum absolute atomic E-state index is 12.6. The monoisotopic (exact) mass is 398 g/mol. The fraction of sp³-hybridized carbons (Fsp3) is 0.556. The summed E-state index contributed by atoms with van der Waals surface area (Å²) in [6.07, 6.45) is 0.940. The van der Waals surface area contributed by atoms with Crippen LogP contribution < -0.4 is 5.32 Å². The number of sulfonamides is 1. The highest BCUT2D eigenvalue weighted by Crippen LogP contribution is 2.19. The summed E-state index contributed by atoms with van der Waals surface area (Å²) in [5.74, 6) is -0.880. The molecule has 1 atom stereocenters. The van der Waals surface area contributed by atoms with E-state index in [-0.39, 0.29) is 11.3 Å². The molecule has 0 saturated carbocycles. The minimum Gasteiger partial charge on any atom is -0.453 e. The van der Waals surface area contributed by atoms with Gasteiger partial charge in [-0.25, -0.2) is 8.42 Å². The van der Waals surface area contributed by atoms with Gasteiger partial charge in [0.2, 0.25) is 10.0 Å². The van der Waals surface area contributed by atoms with E-state index in [1.165, 1.54) is 35.5 Å². The second-order valence-corrected chi connectivity index (χ2v) is 8.20. The van der Waals surface area contributed by atoms with E-state index in [0.717, 1.165) is 6.42 Å².